The van der Waals surface area contributed by atoms with Crippen LogP contribution in [-0.2, 0) is 0 Å². The van der Waals surface area contributed by atoms with Crippen LogP contribution in [0.2, 0.25) is 0 Å². The van der Waals surface area contributed by atoms with Gasteiger partial charge in [-0.25, -0.2) is 0 Å². The number of para-hydroxylation sites is 3. The average molecular weight is 753 g/mol. The van der Waals surface area contributed by atoms with Crippen LogP contribution in [0.25, 0.3) is 93.2 Å². The normalized spacial score (nSPS) is 11.7. The Morgan fingerprint density at radius 3 is 1.86 bits per heavy atom. The predicted molar refractivity (Wildman–Crippen MR) is 249 cm³/mol. The molecule has 0 radical (unpaired) electrons. The van der Waals surface area contributed by atoms with Crippen molar-refractivity contribution in [3.05, 3.63) is 218 Å². The standard InChI is InChI=1S/C56H36N2O/c1-3-14-38(15-4-1)45-34-35-51(55-48-22-10-12-25-53(48)59-56(45)55)58(50-24-13-17-40-27-26-39-16-7-8-20-44(39)54(40)50)43-31-28-37(29-32-43)41-30-33-47-46-21-9-11-23-49(46)57(52(47)36-41)42-18-5-2-6-19-42/h1-36H. The topological polar surface area (TPSA) is 21.3 Å². The van der Waals surface area contributed by atoms with Gasteiger partial charge in [-0.2, -0.15) is 0 Å². The van der Waals surface area contributed by atoms with Gasteiger partial charge in [0, 0.05) is 38.5 Å². The molecule has 276 valence electrons. The highest BCUT2D eigenvalue weighted by Gasteiger charge is 2.24. The van der Waals surface area contributed by atoms with Gasteiger partial charge >= 0.3 is 0 Å². The lowest BCUT2D eigenvalue weighted by atomic mass is 9.97. The van der Waals surface area contributed by atoms with Gasteiger partial charge in [-0.3, -0.25) is 0 Å². The number of rotatable bonds is 6. The molecular formula is C56H36N2O. The Hall–Kier alpha value is -7.88. The highest BCUT2D eigenvalue weighted by Crippen LogP contribution is 2.48. The molecule has 0 aliphatic heterocycles. The third-order valence-corrected chi connectivity index (χ3v) is 12.0. The summed E-state index contributed by atoms with van der Waals surface area (Å²) in [6, 6.07) is 78.6. The Morgan fingerprint density at radius 2 is 1.02 bits per heavy atom. The van der Waals surface area contributed by atoms with Crippen molar-refractivity contribution in [2.45, 2.75) is 0 Å². The van der Waals surface area contributed by atoms with E-state index in [1.165, 1.54) is 48.9 Å². The van der Waals surface area contributed by atoms with E-state index in [0.717, 1.165) is 61.4 Å². The molecule has 2 heterocycles. The molecule has 0 amide bonds. The summed E-state index contributed by atoms with van der Waals surface area (Å²) in [5, 5.41) is 9.51. The van der Waals surface area contributed by atoms with E-state index < -0.39 is 0 Å². The first-order valence-electron chi connectivity index (χ1n) is 20.2. The van der Waals surface area contributed by atoms with E-state index in [4.69, 9.17) is 4.42 Å². The van der Waals surface area contributed by atoms with Gasteiger partial charge in [0.05, 0.1) is 27.8 Å². The van der Waals surface area contributed by atoms with E-state index in [9.17, 15) is 0 Å². The molecule has 10 aromatic carbocycles. The number of fused-ring (bicyclic) bond motifs is 9. The lowest BCUT2D eigenvalue weighted by molar-refractivity contribution is 0.670. The highest BCUT2D eigenvalue weighted by molar-refractivity contribution is 6.20. The molecular weight excluding hydrogens is 717 g/mol. The molecule has 59 heavy (non-hydrogen) atoms. The number of anilines is 3. The van der Waals surface area contributed by atoms with E-state index >= 15 is 0 Å². The second kappa shape index (κ2) is 13.4. The molecule has 12 rings (SSSR count). The Labute approximate surface area is 341 Å². The smallest absolute Gasteiger partial charge is 0.145 e. The Morgan fingerprint density at radius 1 is 0.373 bits per heavy atom. The summed E-state index contributed by atoms with van der Waals surface area (Å²) in [5.41, 5.74) is 13.1. The van der Waals surface area contributed by atoms with Gasteiger partial charge in [-0.15, -0.1) is 0 Å². The molecule has 0 bridgehead atoms. The molecule has 3 nitrogen and oxygen atoms in total. The van der Waals surface area contributed by atoms with E-state index in [2.05, 4.69) is 228 Å². The van der Waals surface area contributed by atoms with Crippen molar-refractivity contribution in [3.63, 3.8) is 0 Å². The number of nitrogens with zero attached hydrogens (tertiary/aromatic N) is 2. The molecule has 0 saturated carbocycles. The van der Waals surface area contributed by atoms with Crippen molar-refractivity contribution in [2.24, 2.45) is 0 Å². The molecule has 0 saturated heterocycles. The Kier molecular flexibility index (Phi) is 7.54. The summed E-state index contributed by atoms with van der Waals surface area (Å²) in [6.07, 6.45) is 0. The molecule has 2 aromatic heterocycles. The largest absolute Gasteiger partial charge is 0.455 e. The maximum atomic E-state index is 6.81. The zero-order valence-electron chi connectivity index (χ0n) is 32.1. The third-order valence-electron chi connectivity index (χ3n) is 12.0. The minimum absolute atomic E-state index is 0.870. The minimum atomic E-state index is 0.870. The van der Waals surface area contributed by atoms with Crippen LogP contribution in [0.5, 0.6) is 0 Å². The number of benzene rings is 10. The SMILES string of the molecule is c1ccc(-c2ccc(N(c3ccc(-c4ccc5c6ccccc6n(-c6ccccc6)c5c4)cc3)c3cccc4ccc5ccccc5c34)c3c2oc2ccccc23)cc1. The van der Waals surface area contributed by atoms with Crippen LogP contribution in [0.1, 0.15) is 0 Å². The lowest BCUT2D eigenvalue weighted by Gasteiger charge is -2.28. The molecule has 3 heteroatoms. The van der Waals surface area contributed by atoms with E-state index in [-0.39, 0.29) is 0 Å². The first-order valence-corrected chi connectivity index (χ1v) is 20.2. The first-order chi connectivity index (χ1) is 29.3. The molecule has 0 fully saturated rings. The lowest BCUT2D eigenvalue weighted by Crippen LogP contribution is -2.11. The second-order valence-electron chi connectivity index (χ2n) is 15.3. The minimum Gasteiger partial charge on any atom is -0.455 e. The van der Waals surface area contributed by atoms with Crippen molar-refractivity contribution in [1.29, 1.82) is 0 Å². The van der Waals surface area contributed by atoms with Gasteiger partial charge in [-0.05, 0) is 93.5 Å². The van der Waals surface area contributed by atoms with Crippen molar-refractivity contribution >= 4 is 82.4 Å². The summed E-state index contributed by atoms with van der Waals surface area (Å²) < 4.78 is 9.19. The summed E-state index contributed by atoms with van der Waals surface area (Å²) >= 11 is 0. The van der Waals surface area contributed by atoms with E-state index in [0.29, 0.717) is 0 Å². The van der Waals surface area contributed by atoms with Crippen molar-refractivity contribution in [1.82, 2.24) is 4.57 Å². The maximum absolute atomic E-state index is 6.81. The summed E-state index contributed by atoms with van der Waals surface area (Å²) in [4.78, 5) is 2.44. The molecule has 0 aliphatic carbocycles. The van der Waals surface area contributed by atoms with Crippen LogP contribution in [0.3, 0.4) is 0 Å². The fourth-order valence-corrected chi connectivity index (χ4v) is 9.28. The van der Waals surface area contributed by atoms with Crippen LogP contribution in [-0.4, -0.2) is 4.57 Å². The number of hydrogen-bond acceptors (Lipinski definition) is 2. The van der Waals surface area contributed by atoms with Gasteiger partial charge in [0.2, 0.25) is 0 Å². The molecule has 0 N–H and O–H groups in total. The van der Waals surface area contributed by atoms with Crippen molar-refractivity contribution in [3.8, 4) is 27.9 Å². The zero-order valence-corrected chi connectivity index (χ0v) is 32.1. The second-order valence-corrected chi connectivity index (χ2v) is 15.3. The van der Waals surface area contributed by atoms with Gasteiger partial charge in [0.25, 0.3) is 0 Å². The molecule has 0 spiro atoms. The number of hydrogen-bond donors (Lipinski definition) is 0. The third kappa shape index (κ3) is 5.29. The molecule has 0 unspecified atom stereocenters. The quantitative estimate of drug-likeness (QED) is 0.158. The van der Waals surface area contributed by atoms with Crippen LogP contribution in [0.4, 0.5) is 17.1 Å². The average Bonchev–Trinajstić information content (AvgIpc) is 3.86. The predicted octanol–water partition coefficient (Wildman–Crippen LogP) is 15.8. The Bertz CT molecular complexity index is 3540. The van der Waals surface area contributed by atoms with Crippen LogP contribution in [0.15, 0.2) is 223 Å². The zero-order chi connectivity index (χ0) is 38.9. The van der Waals surface area contributed by atoms with Crippen LogP contribution >= 0.6 is 0 Å². The van der Waals surface area contributed by atoms with Gasteiger partial charge in [-0.1, -0.05) is 158 Å². The molecule has 0 atom stereocenters. The van der Waals surface area contributed by atoms with E-state index in [1.807, 2.05) is 0 Å². The van der Waals surface area contributed by atoms with Gasteiger partial charge in [0.1, 0.15) is 11.2 Å². The Balaban J connectivity index is 1.09. The van der Waals surface area contributed by atoms with E-state index in [1.54, 1.807) is 0 Å². The fourth-order valence-electron chi connectivity index (χ4n) is 9.28. The first kappa shape index (κ1) is 33.3. The number of furan rings is 1. The monoisotopic (exact) mass is 752 g/mol. The van der Waals surface area contributed by atoms with Crippen LogP contribution in [0, 0.1) is 0 Å². The summed E-state index contributed by atoms with van der Waals surface area (Å²) in [5.74, 6) is 0. The van der Waals surface area contributed by atoms with Crippen LogP contribution < -0.4 is 4.90 Å². The summed E-state index contributed by atoms with van der Waals surface area (Å²) in [6.45, 7) is 0. The van der Waals surface area contributed by atoms with Crippen molar-refractivity contribution in [2.75, 3.05) is 4.90 Å². The summed E-state index contributed by atoms with van der Waals surface area (Å²) in [7, 11) is 0. The fraction of sp³-hybridized carbons (Fsp3) is 0. The maximum Gasteiger partial charge on any atom is 0.145 e. The van der Waals surface area contributed by atoms with Crippen molar-refractivity contribution < 1.29 is 4.42 Å². The van der Waals surface area contributed by atoms with Gasteiger partial charge in [0.15, 0.2) is 0 Å². The molecule has 12 aromatic rings. The number of aromatic nitrogens is 1. The van der Waals surface area contributed by atoms with Gasteiger partial charge < -0.3 is 13.9 Å². The highest BCUT2D eigenvalue weighted by atomic mass is 16.3. The molecule has 0 aliphatic rings.